The highest BCUT2D eigenvalue weighted by Gasteiger charge is 2.20. The second-order valence-electron chi connectivity index (χ2n) is 4.58. The van der Waals surface area contributed by atoms with Gasteiger partial charge in [0, 0.05) is 25.0 Å². The van der Waals surface area contributed by atoms with Crippen molar-refractivity contribution in [3.63, 3.8) is 0 Å². The van der Waals surface area contributed by atoms with E-state index in [2.05, 4.69) is 15.3 Å². The molecular weight excluding hydrogens is 262 g/mol. The molecule has 5 heteroatoms. The Kier molecular flexibility index (Phi) is 3.62. The predicted octanol–water partition coefficient (Wildman–Crippen LogP) is 3.17. The van der Waals surface area contributed by atoms with Crippen molar-refractivity contribution in [2.24, 2.45) is 0 Å². The summed E-state index contributed by atoms with van der Waals surface area (Å²) < 4.78 is 5.58. The van der Waals surface area contributed by atoms with E-state index in [9.17, 15) is 0 Å². The van der Waals surface area contributed by atoms with Gasteiger partial charge >= 0.3 is 0 Å². The van der Waals surface area contributed by atoms with E-state index in [0.29, 0.717) is 22.7 Å². The van der Waals surface area contributed by atoms with Gasteiger partial charge in [-0.1, -0.05) is 11.6 Å². The molecule has 0 bridgehead atoms. The van der Waals surface area contributed by atoms with Gasteiger partial charge in [-0.3, -0.25) is 4.98 Å². The molecule has 0 saturated heterocycles. The van der Waals surface area contributed by atoms with Gasteiger partial charge in [0.15, 0.2) is 0 Å². The van der Waals surface area contributed by atoms with Gasteiger partial charge in [0.2, 0.25) is 5.88 Å². The molecule has 4 nitrogen and oxygen atoms in total. The Balaban J connectivity index is 1.68. The molecule has 1 N–H and O–H groups in total. The lowest BCUT2D eigenvalue weighted by molar-refractivity contribution is 0.460. The van der Waals surface area contributed by atoms with Gasteiger partial charge in [-0.15, -0.1) is 0 Å². The number of hydrogen-bond donors (Lipinski definition) is 1. The minimum absolute atomic E-state index is 0.407. The molecule has 1 saturated carbocycles. The summed E-state index contributed by atoms with van der Waals surface area (Å²) in [5, 5.41) is 3.93. The van der Waals surface area contributed by atoms with Crippen molar-refractivity contribution >= 4 is 11.6 Å². The van der Waals surface area contributed by atoms with Crippen molar-refractivity contribution in [2.45, 2.75) is 25.4 Å². The maximum absolute atomic E-state index is 6.17. The van der Waals surface area contributed by atoms with E-state index in [0.717, 1.165) is 12.1 Å². The quantitative estimate of drug-likeness (QED) is 0.910. The van der Waals surface area contributed by atoms with Crippen LogP contribution in [0.3, 0.4) is 0 Å². The molecule has 0 aromatic carbocycles. The Morgan fingerprint density at radius 3 is 2.95 bits per heavy atom. The molecule has 2 aromatic heterocycles. The number of aromatic nitrogens is 2. The fourth-order valence-electron chi connectivity index (χ4n) is 1.71. The molecule has 1 fully saturated rings. The first kappa shape index (κ1) is 12.4. The normalized spacial score (nSPS) is 14.4. The molecule has 2 aromatic rings. The van der Waals surface area contributed by atoms with Gasteiger partial charge in [-0.05, 0) is 36.6 Å². The van der Waals surface area contributed by atoms with Crippen LogP contribution in [0.15, 0.2) is 36.8 Å². The number of nitrogens with zero attached hydrogens (tertiary/aromatic N) is 2. The van der Waals surface area contributed by atoms with Gasteiger partial charge in [0.1, 0.15) is 10.8 Å². The zero-order valence-electron chi connectivity index (χ0n) is 10.3. The van der Waals surface area contributed by atoms with Crippen molar-refractivity contribution in [3.8, 4) is 11.6 Å². The fraction of sp³-hybridized carbons (Fsp3) is 0.286. The second-order valence-corrected chi connectivity index (χ2v) is 4.98. The molecule has 0 spiro atoms. The molecule has 3 rings (SSSR count). The molecular formula is C14H14ClN3O. The molecule has 0 atom stereocenters. The minimum Gasteiger partial charge on any atom is -0.436 e. The Morgan fingerprint density at radius 1 is 1.37 bits per heavy atom. The van der Waals surface area contributed by atoms with Gasteiger partial charge in [0.05, 0.1) is 6.20 Å². The van der Waals surface area contributed by atoms with Gasteiger partial charge in [-0.25, -0.2) is 4.98 Å². The van der Waals surface area contributed by atoms with Crippen LogP contribution in [-0.2, 0) is 6.54 Å². The lowest BCUT2D eigenvalue weighted by Crippen LogP contribution is -2.15. The molecule has 98 valence electrons. The number of rotatable bonds is 5. The molecule has 19 heavy (non-hydrogen) atoms. The number of ether oxygens (including phenoxy) is 1. The maximum Gasteiger partial charge on any atom is 0.238 e. The summed E-state index contributed by atoms with van der Waals surface area (Å²) >= 11 is 6.17. The summed E-state index contributed by atoms with van der Waals surface area (Å²) in [6, 6.07) is 6.17. The smallest absolute Gasteiger partial charge is 0.238 e. The van der Waals surface area contributed by atoms with Gasteiger partial charge < -0.3 is 10.1 Å². The monoisotopic (exact) mass is 275 g/mol. The number of nitrogens with one attached hydrogen (secondary N) is 1. The third-order valence-corrected chi connectivity index (χ3v) is 3.16. The lowest BCUT2D eigenvalue weighted by atomic mass is 10.3. The van der Waals surface area contributed by atoms with Crippen LogP contribution in [-0.4, -0.2) is 16.0 Å². The van der Waals surface area contributed by atoms with E-state index in [1.807, 2.05) is 12.1 Å². The van der Waals surface area contributed by atoms with Crippen LogP contribution in [0.5, 0.6) is 11.6 Å². The summed E-state index contributed by atoms with van der Waals surface area (Å²) in [5.74, 6) is 1.03. The van der Waals surface area contributed by atoms with Crippen LogP contribution in [0.25, 0.3) is 0 Å². The van der Waals surface area contributed by atoms with Crippen LogP contribution >= 0.6 is 11.6 Å². The zero-order valence-corrected chi connectivity index (χ0v) is 11.1. The number of pyridine rings is 2. The highest BCUT2D eigenvalue weighted by atomic mass is 35.5. The van der Waals surface area contributed by atoms with Crippen LogP contribution in [0.4, 0.5) is 0 Å². The average Bonchev–Trinajstić information content (AvgIpc) is 3.25. The van der Waals surface area contributed by atoms with E-state index in [1.54, 1.807) is 24.7 Å². The average molecular weight is 276 g/mol. The number of hydrogen-bond acceptors (Lipinski definition) is 4. The summed E-state index contributed by atoms with van der Waals surface area (Å²) in [6.45, 7) is 0.796. The van der Waals surface area contributed by atoms with Crippen molar-refractivity contribution in [2.75, 3.05) is 0 Å². The summed E-state index contributed by atoms with van der Waals surface area (Å²) in [4.78, 5) is 8.23. The Bertz CT molecular complexity index is 558. The van der Waals surface area contributed by atoms with Crippen LogP contribution in [0.1, 0.15) is 18.4 Å². The van der Waals surface area contributed by atoms with E-state index in [-0.39, 0.29) is 0 Å². The molecule has 1 aliphatic rings. The van der Waals surface area contributed by atoms with Crippen molar-refractivity contribution in [3.05, 3.63) is 47.4 Å². The SMILES string of the molecule is Clc1cc(CNC2CC2)cnc1Oc1cccnc1. The van der Waals surface area contributed by atoms with Crippen molar-refractivity contribution in [1.29, 1.82) is 0 Å². The van der Waals surface area contributed by atoms with E-state index >= 15 is 0 Å². The predicted molar refractivity (Wildman–Crippen MR) is 73.4 cm³/mol. The highest BCUT2D eigenvalue weighted by Crippen LogP contribution is 2.27. The molecule has 0 amide bonds. The van der Waals surface area contributed by atoms with E-state index in [1.165, 1.54) is 12.8 Å². The summed E-state index contributed by atoms with van der Waals surface area (Å²) in [7, 11) is 0. The number of halogens is 1. The Labute approximate surface area is 116 Å². The van der Waals surface area contributed by atoms with E-state index < -0.39 is 0 Å². The third kappa shape index (κ3) is 3.43. The van der Waals surface area contributed by atoms with E-state index in [4.69, 9.17) is 16.3 Å². The zero-order chi connectivity index (χ0) is 13.1. The first-order valence-corrected chi connectivity index (χ1v) is 6.65. The first-order chi connectivity index (χ1) is 9.31. The Hall–Kier alpha value is -1.65. The largest absolute Gasteiger partial charge is 0.436 e. The van der Waals surface area contributed by atoms with Crippen LogP contribution < -0.4 is 10.1 Å². The summed E-state index contributed by atoms with van der Waals surface area (Å²) in [6.07, 6.45) is 7.63. The second kappa shape index (κ2) is 5.55. The minimum atomic E-state index is 0.407. The molecule has 0 unspecified atom stereocenters. The third-order valence-electron chi connectivity index (χ3n) is 2.89. The molecule has 2 heterocycles. The van der Waals surface area contributed by atoms with Crippen LogP contribution in [0.2, 0.25) is 5.02 Å². The molecule has 0 aliphatic heterocycles. The highest BCUT2D eigenvalue weighted by molar-refractivity contribution is 6.31. The van der Waals surface area contributed by atoms with Crippen molar-refractivity contribution < 1.29 is 4.74 Å². The van der Waals surface area contributed by atoms with Crippen LogP contribution in [0, 0.1) is 0 Å². The molecule has 1 aliphatic carbocycles. The van der Waals surface area contributed by atoms with Gasteiger partial charge in [0.25, 0.3) is 0 Å². The summed E-state index contributed by atoms with van der Waals surface area (Å²) in [5.41, 5.74) is 1.07. The topological polar surface area (TPSA) is 47.0 Å². The molecule has 0 radical (unpaired) electrons. The van der Waals surface area contributed by atoms with Gasteiger partial charge in [-0.2, -0.15) is 0 Å². The van der Waals surface area contributed by atoms with Crippen molar-refractivity contribution in [1.82, 2.24) is 15.3 Å². The first-order valence-electron chi connectivity index (χ1n) is 6.27. The Morgan fingerprint density at radius 2 is 2.26 bits per heavy atom. The lowest BCUT2D eigenvalue weighted by Gasteiger charge is -2.08. The maximum atomic E-state index is 6.17. The fourth-order valence-corrected chi connectivity index (χ4v) is 1.93. The standard InChI is InChI=1S/C14H14ClN3O/c15-13-6-10(7-17-11-3-4-11)8-18-14(13)19-12-2-1-5-16-9-12/h1-2,5-6,8-9,11,17H,3-4,7H2.